The average molecular weight is 241 g/mol. The first-order valence-electron chi connectivity index (χ1n) is 4.90. The summed E-state index contributed by atoms with van der Waals surface area (Å²) in [5.74, 6) is 0. The van der Waals surface area contributed by atoms with E-state index >= 15 is 0 Å². The van der Waals surface area contributed by atoms with Crippen molar-refractivity contribution in [2.45, 2.75) is 4.90 Å². The Balaban J connectivity index is 3.03. The minimum Gasteiger partial charge on any atom is -0.395 e. The third-order valence-corrected chi connectivity index (χ3v) is 3.94. The Morgan fingerprint density at radius 1 is 1.31 bits per heavy atom. The molecule has 0 fully saturated rings. The molecule has 0 aliphatic heterocycles. The lowest BCUT2D eigenvalue weighted by molar-refractivity contribution is 0.260. The molecule has 0 saturated carbocycles. The summed E-state index contributed by atoms with van der Waals surface area (Å²) >= 11 is 0. The second-order valence-electron chi connectivity index (χ2n) is 3.19. The summed E-state index contributed by atoms with van der Waals surface area (Å²) in [5.41, 5.74) is 0. The Morgan fingerprint density at radius 2 is 1.94 bits per heavy atom. The summed E-state index contributed by atoms with van der Waals surface area (Å²) in [4.78, 5) is 0.227. The zero-order valence-corrected chi connectivity index (χ0v) is 9.73. The lowest BCUT2D eigenvalue weighted by Gasteiger charge is -2.19. The molecule has 5 heteroatoms. The van der Waals surface area contributed by atoms with Gasteiger partial charge >= 0.3 is 0 Å². The van der Waals surface area contributed by atoms with Gasteiger partial charge in [-0.2, -0.15) is 4.31 Å². The first kappa shape index (κ1) is 12.9. The molecule has 88 valence electrons. The molecule has 1 aromatic carbocycles. The van der Waals surface area contributed by atoms with E-state index in [2.05, 4.69) is 6.58 Å². The third-order valence-electron chi connectivity index (χ3n) is 2.06. The number of benzene rings is 1. The molecular weight excluding hydrogens is 226 g/mol. The molecule has 1 aromatic rings. The van der Waals surface area contributed by atoms with Crippen LogP contribution in [0.3, 0.4) is 0 Å². The maximum Gasteiger partial charge on any atom is 0.243 e. The molecule has 0 unspecified atom stereocenters. The Morgan fingerprint density at radius 3 is 2.44 bits per heavy atom. The lowest BCUT2D eigenvalue weighted by Crippen LogP contribution is -2.33. The van der Waals surface area contributed by atoms with Gasteiger partial charge in [0, 0.05) is 13.1 Å². The molecule has 16 heavy (non-hydrogen) atoms. The van der Waals surface area contributed by atoms with Gasteiger partial charge < -0.3 is 5.11 Å². The maximum absolute atomic E-state index is 12.1. The zero-order chi connectivity index (χ0) is 12.0. The van der Waals surface area contributed by atoms with Crippen molar-refractivity contribution in [1.82, 2.24) is 4.31 Å². The van der Waals surface area contributed by atoms with Gasteiger partial charge in [0.25, 0.3) is 0 Å². The summed E-state index contributed by atoms with van der Waals surface area (Å²) in [6, 6.07) is 8.14. The van der Waals surface area contributed by atoms with Gasteiger partial charge in [-0.25, -0.2) is 8.42 Å². The standard InChI is InChI=1S/C11H15NO3S/c1-2-8-12(9-10-13)16(14,15)11-6-4-3-5-7-11/h2-7,13H,1,8-10H2. The predicted octanol–water partition coefficient (Wildman–Crippen LogP) is 0.856. The molecule has 1 rings (SSSR count). The van der Waals surface area contributed by atoms with Crippen LogP contribution in [0.5, 0.6) is 0 Å². The highest BCUT2D eigenvalue weighted by Gasteiger charge is 2.22. The SMILES string of the molecule is C=CCN(CCO)S(=O)(=O)c1ccccc1. The Kier molecular flexibility index (Phi) is 4.67. The van der Waals surface area contributed by atoms with Crippen molar-refractivity contribution in [3.05, 3.63) is 43.0 Å². The number of nitrogens with zero attached hydrogens (tertiary/aromatic N) is 1. The normalized spacial score (nSPS) is 11.6. The van der Waals surface area contributed by atoms with Gasteiger partial charge in [-0.1, -0.05) is 24.3 Å². The average Bonchev–Trinajstić information content (AvgIpc) is 2.30. The second-order valence-corrected chi connectivity index (χ2v) is 5.13. The van der Waals surface area contributed by atoms with E-state index in [0.717, 1.165) is 0 Å². The fourth-order valence-electron chi connectivity index (χ4n) is 1.31. The fourth-order valence-corrected chi connectivity index (χ4v) is 2.73. The summed E-state index contributed by atoms with van der Waals surface area (Å²) in [5, 5.41) is 8.83. The molecule has 0 heterocycles. The van der Waals surface area contributed by atoms with E-state index in [9.17, 15) is 8.42 Å². The highest BCUT2D eigenvalue weighted by molar-refractivity contribution is 7.89. The number of hydrogen-bond donors (Lipinski definition) is 1. The van der Waals surface area contributed by atoms with Crippen LogP contribution >= 0.6 is 0 Å². The third kappa shape index (κ3) is 2.91. The van der Waals surface area contributed by atoms with E-state index in [1.54, 1.807) is 18.2 Å². The first-order valence-corrected chi connectivity index (χ1v) is 6.34. The molecule has 0 saturated heterocycles. The molecule has 0 aliphatic rings. The molecule has 4 nitrogen and oxygen atoms in total. The molecule has 0 radical (unpaired) electrons. The summed E-state index contributed by atoms with van der Waals surface area (Å²) in [6.45, 7) is 3.56. The van der Waals surface area contributed by atoms with Gasteiger partial charge in [0.15, 0.2) is 0 Å². The smallest absolute Gasteiger partial charge is 0.243 e. The van der Waals surface area contributed by atoms with E-state index in [-0.39, 0.29) is 24.6 Å². The van der Waals surface area contributed by atoms with Gasteiger partial charge in [0.05, 0.1) is 11.5 Å². The van der Waals surface area contributed by atoms with E-state index in [1.165, 1.54) is 22.5 Å². The monoisotopic (exact) mass is 241 g/mol. The number of hydrogen-bond acceptors (Lipinski definition) is 3. The number of aliphatic hydroxyl groups is 1. The Labute approximate surface area is 95.9 Å². The number of sulfonamides is 1. The molecule has 0 spiro atoms. The van der Waals surface area contributed by atoms with Crippen LogP contribution < -0.4 is 0 Å². The predicted molar refractivity (Wildman–Crippen MR) is 62.5 cm³/mol. The minimum absolute atomic E-state index is 0.0727. The molecule has 0 amide bonds. The highest BCUT2D eigenvalue weighted by atomic mass is 32.2. The molecule has 1 N–H and O–H groups in total. The molecule has 0 aromatic heterocycles. The van der Waals surface area contributed by atoms with Crippen LogP contribution in [0.15, 0.2) is 47.9 Å². The van der Waals surface area contributed by atoms with E-state index in [1.807, 2.05) is 0 Å². The van der Waals surface area contributed by atoms with Crippen molar-refractivity contribution < 1.29 is 13.5 Å². The van der Waals surface area contributed by atoms with E-state index in [4.69, 9.17) is 5.11 Å². The van der Waals surface area contributed by atoms with Gasteiger partial charge in [-0.05, 0) is 12.1 Å². The molecular formula is C11H15NO3S. The fraction of sp³-hybridized carbons (Fsp3) is 0.273. The molecule has 0 bridgehead atoms. The van der Waals surface area contributed by atoms with E-state index < -0.39 is 10.0 Å². The van der Waals surface area contributed by atoms with Gasteiger partial charge in [-0.3, -0.25) is 0 Å². The zero-order valence-electron chi connectivity index (χ0n) is 8.91. The second kappa shape index (κ2) is 5.79. The molecule has 0 aliphatic carbocycles. The van der Waals surface area contributed by atoms with Crippen molar-refractivity contribution in [2.75, 3.05) is 19.7 Å². The van der Waals surface area contributed by atoms with Crippen molar-refractivity contribution in [1.29, 1.82) is 0 Å². The summed E-state index contributed by atoms with van der Waals surface area (Å²) < 4.78 is 25.3. The van der Waals surface area contributed by atoms with Crippen molar-refractivity contribution >= 4 is 10.0 Å². The van der Waals surface area contributed by atoms with Crippen LogP contribution in [-0.2, 0) is 10.0 Å². The largest absolute Gasteiger partial charge is 0.395 e. The number of rotatable bonds is 6. The summed E-state index contributed by atoms with van der Waals surface area (Å²) in [6.07, 6.45) is 1.50. The Bertz CT molecular complexity index is 428. The van der Waals surface area contributed by atoms with Gasteiger partial charge in [0.2, 0.25) is 10.0 Å². The van der Waals surface area contributed by atoms with Crippen molar-refractivity contribution in [2.24, 2.45) is 0 Å². The van der Waals surface area contributed by atoms with E-state index in [0.29, 0.717) is 0 Å². The summed E-state index contributed by atoms with van der Waals surface area (Å²) in [7, 11) is -3.52. The first-order chi connectivity index (χ1) is 7.62. The Hall–Kier alpha value is -1.17. The maximum atomic E-state index is 12.1. The van der Waals surface area contributed by atoms with Crippen LogP contribution in [0.4, 0.5) is 0 Å². The van der Waals surface area contributed by atoms with Crippen molar-refractivity contribution in [3.8, 4) is 0 Å². The minimum atomic E-state index is -3.52. The lowest BCUT2D eigenvalue weighted by atomic mass is 10.4. The number of aliphatic hydroxyl groups excluding tert-OH is 1. The highest BCUT2D eigenvalue weighted by Crippen LogP contribution is 2.14. The van der Waals surface area contributed by atoms with Crippen LogP contribution in [0.1, 0.15) is 0 Å². The van der Waals surface area contributed by atoms with Crippen LogP contribution in [0, 0.1) is 0 Å². The molecule has 0 atom stereocenters. The van der Waals surface area contributed by atoms with Crippen LogP contribution in [0.2, 0.25) is 0 Å². The van der Waals surface area contributed by atoms with Gasteiger partial charge in [0.1, 0.15) is 0 Å². The van der Waals surface area contributed by atoms with Crippen LogP contribution in [0.25, 0.3) is 0 Å². The van der Waals surface area contributed by atoms with Crippen molar-refractivity contribution in [3.63, 3.8) is 0 Å². The quantitative estimate of drug-likeness (QED) is 0.751. The van der Waals surface area contributed by atoms with Crippen LogP contribution in [-0.4, -0.2) is 37.5 Å². The van der Waals surface area contributed by atoms with Gasteiger partial charge in [-0.15, -0.1) is 6.58 Å². The topological polar surface area (TPSA) is 57.6 Å².